The summed E-state index contributed by atoms with van der Waals surface area (Å²) < 4.78 is 5.44. The van der Waals surface area contributed by atoms with E-state index in [4.69, 9.17) is 4.74 Å². The molecule has 0 rings (SSSR count). The average Bonchev–Trinajstić information content (AvgIpc) is 3.27. The van der Waals surface area contributed by atoms with Gasteiger partial charge in [-0.25, -0.2) is 0 Å². The van der Waals surface area contributed by atoms with Crippen LogP contribution in [0.25, 0.3) is 0 Å². The summed E-state index contributed by atoms with van der Waals surface area (Å²) >= 11 is 0. The minimum absolute atomic E-state index is 0.0432. The number of ether oxygens (including phenoxy) is 1. The standard InChI is InChI=1S/C56H107NO5/c1-3-5-7-9-11-13-15-17-19-21-22-23-24-26-28-32-36-40-44-48-54(59)53(52-58)57-55(60)49-45-41-37-33-30-31-35-39-43-47-51-62-56(61)50-46-42-38-34-29-27-25-20-18-16-14-12-10-8-6-4-2/h20,25,31,35,53-54,58-59H,3-19,21-24,26-30,32-34,36-52H2,1-2H3,(H,57,60)/b25-20-,35-31-. The molecule has 0 aromatic carbocycles. The average molecular weight is 874 g/mol. The highest BCUT2D eigenvalue weighted by molar-refractivity contribution is 5.76. The second-order valence-corrected chi connectivity index (χ2v) is 18.9. The van der Waals surface area contributed by atoms with Crippen LogP contribution in [0.1, 0.15) is 296 Å². The van der Waals surface area contributed by atoms with Gasteiger partial charge in [0.15, 0.2) is 0 Å². The highest BCUT2D eigenvalue weighted by Gasteiger charge is 2.20. The number of aliphatic hydroxyl groups excluding tert-OH is 2. The maximum Gasteiger partial charge on any atom is 0.305 e. The van der Waals surface area contributed by atoms with Crippen LogP contribution in [-0.2, 0) is 14.3 Å². The van der Waals surface area contributed by atoms with Gasteiger partial charge in [-0.1, -0.05) is 231 Å². The summed E-state index contributed by atoms with van der Waals surface area (Å²) in [5.74, 6) is -0.113. The normalized spacial score (nSPS) is 12.8. The first-order valence-electron chi connectivity index (χ1n) is 27.6. The van der Waals surface area contributed by atoms with Crippen molar-refractivity contribution in [1.82, 2.24) is 5.32 Å². The van der Waals surface area contributed by atoms with E-state index >= 15 is 0 Å². The minimum atomic E-state index is -0.687. The van der Waals surface area contributed by atoms with Crippen molar-refractivity contribution in [1.29, 1.82) is 0 Å². The zero-order valence-electron chi connectivity index (χ0n) is 41.6. The van der Waals surface area contributed by atoms with E-state index in [2.05, 4.69) is 43.5 Å². The summed E-state index contributed by atoms with van der Waals surface area (Å²) in [6, 6.07) is -0.567. The minimum Gasteiger partial charge on any atom is -0.466 e. The smallest absolute Gasteiger partial charge is 0.305 e. The van der Waals surface area contributed by atoms with Crippen LogP contribution in [0.3, 0.4) is 0 Å². The van der Waals surface area contributed by atoms with Crippen LogP contribution >= 0.6 is 0 Å². The van der Waals surface area contributed by atoms with Gasteiger partial charge in [0.25, 0.3) is 0 Å². The van der Waals surface area contributed by atoms with Crippen molar-refractivity contribution >= 4 is 11.9 Å². The SMILES string of the molecule is CCCCCCCCC/C=C\CCCCCCCC(=O)OCCCC/C=C\CCCCCCC(=O)NC(CO)C(O)CCCCCCCCCCCCCCCCCCCCC. The van der Waals surface area contributed by atoms with Crippen molar-refractivity contribution in [3.8, 4) is 0 Å². The van der Waals surface area contributed by atoms with Gasteiger partial charge in [0.1, 0.15) is 0 Å². The highest BCUT2D eigenvalue weighted by Crippen LogP contribution is 2.17. The van der Waals surface area contributed by atoms with Crippen molar-refractivity contribution in [2.45, 2.75) is 309 Å². The Morgan fingerprint density at radius 1 is 0.435 bits per heavy atom. The lowest BCUT2D eigenvalue weighted by Gasteiger charge is -2.22. The molecule has 0 spiro atoms. The van der Waals surface area contributed by atoms with E-state index in [1.807, 2.05) is 0 Å². The Bertz CT molecular complexity index is 966. The summed E-state index contributed by atoms with van der Waals surface area (Å²) in [6.45, 7) is 4.87. The first-order valence-corrected chi connectivity index (χ1v) is 27.6. The zero-order chi connectivity index (χ0) is 45.1. The van der Waals surface area contributed by atoms with Gasteiger partial charge in [-0.15, -0.1) is 0 Å². The molecule has 6 nitrogen and oxygen atoms in total. The summed E-state index contributed by atoms with van der Waals surface area (Å²) in [5.41, 5.74) is 0. The van der Waals surface area contributed by atoms with E-state index in [1.165, 1.54) is 186 Å². The monoisotopic (exact) mass is 874 g/mol. The number of rotatable bonds is 51. The van der Waals surface area contributed by atoms with Crippen molar-refractivity contribution < 1.29 is 24.5 Å². The molecule has 0 radical (unpaired) electrons. The number of hydrogen-bond donors (Lipinski definition) is 3. The van der Waals surface area contributed by atoms with E-state index in [0.717, 1.165) is 77.0 Å². The zero-order valence-corrected chi connectivity index (χ0v) is 41.6. The Balaban J connectivity index is 3.52. The lowest BCUT2D eigenvalue weighted by Crippen LogP contribution is -2.45. The van der Waals surface area contributed by atoms with Crippen LogP contribution < -0.4 is 5.32 Å². The van der Waals surface area contributed by atoms with Crippen LogP contribution in [-0.4, -0.2) is 47.4 Å². The molecule has 366 valence electrons. The molecule has 6 heteroatoms. The molecule has 1 amide bonds. The van der Waals surface area contributed by atoms with Gasteiger partial charge < -0.3 is 20.3 Å². The maximum absolute atomic E-state index is 12.5. The fourth-order valence-corrected chi connectivity index (χ4v) is 8.45. The summed E-state index contributed by atoms with van der Waals surface area (Å²) in [7, 11) is 0. The summed E-state index contributed by atoms with van der Waals surface area (Å²) in [4.78, 5) is 24.5. The Morgan fingerprint density at radius 2 is 0.758 bits per heavy atom. The molecular weight excluding hydrogens is 767 g/mol. The molecule has 0 aliphatic carbocycles. The largest absolute Gasteiger partial charge is 0.466 e. The lowest BCUT2D eigenvalue weighted by molar-refractivity contribution is -0.143. The Hall–Kier alpha value is -1.66. The van der Waals surface area contributed by atoms with Crippen LogP contribution in [0.4, 0.5) is 0 Å². The van der Waals surface area contributed by atoms with Crippen molar-refractivity contribution in [3.05, 3.63) is 24.3 Å². The molecule has 2 unspecified atom stereocenters. The number of aliphatic hydroxyl groups is 2. The number of unbranched alkanes of at least 4 members (excludes halogenated alkanes) is 36. The maximum atomic E-state index is 12.5. The van der Waals surface area contributed by atoms with Gasteiger partial charge in [-0.3, -0.25) is 9.59 Å². The first kappa shape index (κ1) is 60.3. The predicted molar refractivity (Wildman–Crippen MR) is 269 cm³/mol. The predicted octanol–water partition coefficient (Wildman–Crippen LogP) is 16.7. The third kappa shape index (κ3) is 47.8. The summed E-state index contributed by atoms with van der Waals surface area (Å²) in [5, 5.41) is 23.3. The van der Waals surface area contributed by atoms with Gasteiger partial charge >= 0.3 is 5.97 Å². The number of esters is 1. The van der Waals surface area contributed by atoms with Crippen molar-refractivity contribution in [2.24, 2.45) is 0 Å². The number of allylic oxidation sites excluding steroid dienone is 4. The van der Waals surface area contributed by atoms with E-state index < -0.39 is 12.1 Å². The molecule has 0 fully saturated rings. The van der Waals surface area contributed by atoms with Crippen molar-refractivity contribution in [2.75, 3.05) is 13.2 Å². The number of carbonyl (C=O) groups excluding carboxylic acids is 2. The number of hydrogen-bond acceptors (Lipinski definition) is 5. The van der Waals surface area contributed by atoms with Gasteiger partial charge in [-0.05, 0) is 77.0 Å². The van der Waals surface area contributed by atoms with E-state index in [1.54, 1.807) is 0 Å². The van der Waals surface area contributed by atoms with Gasteiger partial charge in [0, 0.05) is 12.8 Å². The molecule has 0 aromatic heterocycles. The Morgan fingerprint density at radius 3 is 1.15 bits per heavy atom. The topological polar surface area (TPSA) is 95.9 Å². The molecule has 3 N–H and O–H groups in total. The van der Waals surface area contributed by atoms with E-state index in [0.29, 0.717) is 25.9 Å². The van der Waals surface area contributed by atoms with Crippen LogP contribution in [0.2, 0.25) is 0 Å². The highest BCUT2D eigenvalue weighted by atomic mass is 16.5. The van der Waals surface area contributed by atoms with Crippen LogP contribution in [0, 0.1) is 0 Å². The first-order chi connectivity index (χ1) is 30.5. The fraction of sp³-hybridized carbons (Fsp3) is 0.893. The lowest BCUT2D eigenvalue weighted by atomic mass is 10.0. The second kappa shape index (κ2) is 52.0. The molecule has 62 heavy (non-hydrogen) atoms. The third-order valence-electron chi connectivity index (χ3n) is 12.7. The molecule has 0 bridgehead atoms. The van der Waals surface area contributed by atoms with Gasteiger partial charge in [0.2, 0.25) is 5.91 Å². The second-order valence-electron chi connectivity index (χ2n) is 18.9. The Kier molecular flexibility index (Phi) is 50.6. The fourth-order valence-electron chi connectivity index (χ4n) is 8.45. The third-order valence-corrected chi connectivity index (χ3v) is 12.7. The molecule has 0 heterocycles. The quantitative estimate of drug-likeness (QED) is 0.0321. The summed E-state index contributed by atoms with van der Waals surface area (Å²) in [6.07, 6.45) is 61.6. The van der Waals surface area contributed by atoms with Gasteiger partial charge in [0.05, 0.1) is 25.4 Å². The van der Waals surface area contributed by atoms with E-state index in [9.17, 15) is 19.8 Å². The van der Waals surface area contributed by atoms with Crippen LogP contribution in [0.5, 0.6) is 0 Å². The molecule has 0 aliphatic rings. The van der Waals surface area contributed by atoms with Crippen molar-refractivity contribution in [3.63, 3.8) is 0 Å². The molecule has 0 aromatic rings. The molecular formula is C56H107NO5. The molecule has 0 saturated heterocycles. The molecule has 0 aliphatic heterocycles. The molecule has 0 saturated carbocycles. The molecule has 2 atom stereocenters. The Labute approximate surface area is 386 Å². The van der Waals surface area contributed by atoms with Gasteiger partial charge in [-0.2, -0.15) is 0 Å². The van der Waals surface area contributed by atoms with Crippen LogP contribution in [0.15, 0.2) is 24.3 Å². The number of nitrogens with one attached hydrogen (secondary N) is 1. The number of amides is 1. The number of carbonyl (C=O) groups is 2. The van der Waals surface area contributed by atoms with E-state index in [-0.39, 0.29) is 18.5 Å².